The predicted molar refractivity (Wildman–Crippen MR) is 81.0 cm³/mol. The number of aromatic nitrogens is 1. The van der Waals surface area contributed by atoms with E-state index in [9.17, 15) is 4.79 Å². The maximum absolute atomic E-state index is 11.1. The molecule has 1 N–H and O–H groups in total. The van der Waals surface area contributed by atoms with E-state index < -0.39 is 11.1 Å². The Bertz CT molecular complexity index is 838. The van der Waals surface area contributed by atoms with Gasteiger partial charge in [0.25, 0.3) is 0 Å². The lowest BCUT2D eigenvalue weighted by molar-refractivity contribution is 0.555. The summed E-state index contributed by atoms with van der Waals surface area (Å²) in [6.07, 6.45) is 0. The first-order valence-electron chi connectivity index (χ1n) is 5.77. The molecule has 102 valence electrons. The van der Waals surface area contributed by atoms with E-state index in [1.165, 1.54) is 0 Å². The van der Waals surface area contributed by atoms with Crippen molar-refractivity contribution in [3.05, 3.63) is 68.1 Å². The summed E-state index contributed by atoms with van der Waals surface area (Å²) >= 11 is 18.6. The second-order valence-corrected chi connectivity index (χ2v) is 5.50. The van der Waals surface area contributed by atoms with Gasteiger partial charge in [0.05, 0.1) is 20.9 Å². The maximum Gasteiger partial charge on any atom is 0.417 e. The molecule has 1 heterocycles. The Morgan fingerprint density at radius 2 is 1.95 bits per heavy atom. The second-order valence-electron chi connectivity index (χ2n) is 4.28. The standard InChI is InChI=1S/C14H8Cl3NO2/c15-9-3-1-2-8(13(9)17)12(16)7-4-5-10-11(6-7)20-14(19)18-10/h1-6,12H,(H,18,19). The van der Waals surface area contributed by atoms with Crippen LogP contribution in [-0.4, -0.2) is 4.98 Å². The van der Waals surface area contributed by atoms with Gasteiger partial charge in [-0.3, -0.25) is 4.98 Å². The van der Waals surface area contributed by atoms with Crippen molar-refractivity contribution >= 4 is 45.9 Å². The third kappa shape index (κ3) is 2.33. The lowest BCUT2D eigenvalue weighted by Gasteiger charge is -2.12. The lowest BCUT2D eigenvalue weighted by atomic mass is 10.0. The van der Waals surface area contributed by atoms with Gasteiger partial charge in [0.15, 0.2) is 5.58 Å². The number of benzene rings is 2. The maximum atomic E-state index is 11.1. The van der Waals surface area contributed by atoms with Crippen LogP contribution in [0.1, 0.15) is 16.5 Å². The number of alkyl halides is 1. The highest BCUT2D eigenvalue weighted by molar-refractivity contribution is 6.43. The molecular weight excluding hydrogens is 321 g/mol. The van der Waals surface area contributed by atoms with E-state index in [1.54, 1.807) is 24.3 Å². The number of fused-ring (bicyclic) bond motifs is 1. The molecule has 0 aliphatic carbocycles. The highest BCUT2D eigenvalue weighted by Gasteiger charge is 2.17. The van der Waals surface area contributed by atoms with Gasteiger partial charge in [-0.1, -0.05) is 41.4 Å². The Balaban J connectivity index is 2.09. The van der Waals surface area contributed by atoms with E-state index in [1.807, 2.05) is 12.1 Å². The third-order valence-corrected chi connectivity index (χ3v) is 4.31. The van der Waals surface area contributed by atoms with Crippen LogP contribution in [0.2, 0.25) is 10.0 Å². The normalized spacial score (nSPS) is 12.8. The van der Waals surface area contributed by atoms with E-state index in [0.29, 0.717) is 26.7 Å². The van der Waals surface area contributed by atoms with Gasteiger partial charge < -0.3 is 4.42 Å². The van der Waals surface area contributed by atoms with Crippen molar-refractivity contribution in [3.8, 4) is 0 Å². The first-order chi connectivity index (χ1) is 9.56. The molecule has 6 heteroatoms. The largest absolute Gasteiger partial charge is 0.417 e. The van der Waals surface area contributed by atoms with Crippen molar-refractivity contribution in [1.82, 2.24) is 4.98 Å². The Hall–Kier alpha value is -1.42. The van der Waals surface area contributed by atoms with Crippen molar-refractivity contribution in [3.63, 3.8) is 0 Å². The fourth-order valence-electron chi connectivity index (χ4n) is 2.02. The van der Waals surface area contributed by atoms with Crippen LogP contribution < -0.4 is 5.76 Å². The van der Waals surface area contributed by atoms with Crippen molar-refractivity contribution < 1.29 is 4.42 Å². The molecule has 0 amide bonds. The number of H-pyrrole nitrogens is 1. The molecule has 0 spiro atoms. The van der Waals surface area contributed by atoms with E-state index in [0.717, 1.165) is 5.56 Å². The molecule has 0 fully saturated rings. The highest BCUT2D eigenvalue weighted by Crippen LogP contribution is 2.37. The summed E-state index contributed by atoms with van der Waals surface area (Å²) in [6, 6.07) is 10.6. The Labute approximate surface area is 129 Å². The summed E-state index contributed by atoms with van der Waals surface area (Å²) in [5, 5.41) is 0.389. The molecule has 0 saturated heterocycles. The minimum absolute atomic E-state index is 0.421. The summed E-state index contributed by atoms with van der Waals surface area (Å²) in [5.41, 5.74) is 2.56. The van der Waals surface area contributed by atoms with Crippen molar-refractivity contribution in [2.24, 2.45) is 0 Å². The van der Waals surface area contributed by atoms with E-state index >= 15 is 0 Å². The van der Waals surface area contributed by atoms with E-state index in [2.05, 4.69) is 4.98 Å². The molecule has 1 aromatic heterocycles. The van der Waals surface area contributed by atoms with Gasteiger partial charge in [-0.2, -0.15) is 0 Å². The van der Waals surface area contributed by atoms with Crippen LogP contribution in [0.25, 0.3) is 11.1 Å². The molecule has 3 aromatic rings. The van der Waals surface area contributed by atoms with Gasteiger partial charge in [0, 0.05) is 0 Å². The van der Waals surface area contributed by atoms with Crippen LogP contribution in [0.5, 0.6) is 0 Å². The molecule has 0 bridgehead atoms. The first kappa shape index (κ1) is 13.6. The molecule has 3 nitrogen and oxygen atoms in total. The quantitative estimate of drug-likeness (QED) is 0.690. The molecule has 2 aromatic carbocycles. The number of halogens is 3. The molecule has 1 atom stereocenters. The molecule has 0 saturated carbocycles. The van der Waals surface area contributed by atoms with Gasteiger partial charge in [0.2, 0.25) is 0 Å². The first-order valence-corrected chi connectivity index (χ1v) is 6.96. The van der Waals surface area contributed by atoms with Gasteiger partial charge in [-0.15, -0.1) is 11.6 Å². The van der Waals surface area contributed by atoms with E-state index in [-0.39, 0.29) is 0 Å². The van der Waals surface area contributed by atoms with Crippen LogP contribution in [0.4, 0.5) is 0 Å². The number of aromatic amines is 1. The number of oxazole rings is 1. The number of hydrogen-bond acceptors (Lipinski definition) is 2. The molecule has 20 heavy (non-hydrogen) atoms. The SMILES string of the molecule is O=c1[nH]c2ccc(C(Cl)c3cccc(Cl)c3Cl)cc2o1. The smallest absolute Gasteiger partial charge is 0.408 e. The summed E-state index contributed by atoms with van der Waals surface area (Å²) in [7, 11) is 0. The zero-order valence-corrected chi connectivity index (χ0v) is 12.3. The third-order valence-electron chi connectivity index (χ3n) is 2.99. The predicted octanol–water partition coefficient (Wildman–Crippen LogP) is 4.76. The molecule has 1 unspecified atom stereocenters. The Morgan fingerprint density at radius 1 is 1.15 bits per heavy atom. The van der Waals surface area contributed by atoms with Crippen LogP contribution >= 0.6 is 34.8 Å². The average molecular weight is 329 g/mol. The zero-order valence-electron chi connectivity index (χ0n) is 9.99. The van der Waals surface area contributed by atoms with Gasteiger partial charge in [-0.05, 0) is 29.3 Å². The molecule has 0 aliphatic rings. The topological polar surface area (TPSA) is 46.0 Å². The Kier molecular flexibility index (Phi) is 3.50. The van der Waals surface area contributed by atoms with Crippen LogP contribution in [0.3, 0.4) is 0 Å². The summed E-state index contributed by atoms with van der Waals surface area (Å²) in [6.45, 7) is 0. The molecule has 0 aliphatic heterocycles. The summed E-state index contributed by atoms with van der Waals surface area (Å²) in [5.74, 6) is -0.496. The van der Waals surface area contributed by atoms with Crippen molar-refractivity contribution in [1.29, 1.82) is 0 Å². The number of nitrogens with one attached hydrogen (secondary N) is 1. The van der Waals surface area contributed by atoms with Crippen molar-refractivity contribution in [2.45, 2.75) is 5.38 Å². The molecular formula is C14H8Cl3NO2. The number of rotatable bonds is 2. The minimum Gasteiger partial charge on any atom is -0.408 e. The van der Waals surface area contributed by atoms with Gasteiger partial charge in [0.1, 0.15) is 0 Å². The van der Waals surface area contributed by atoms with E-state index in [4.69, 9.17) is 39.2 Å². The monoisotopic (exact) mass is 327 g/mol. The summed E-state index contributed by atoms with van der Waals surface area (Å²) in [4.78, 5) is 13.7. The fourth-order valence-corrected chi connectivity index (χ4v) is 2.81. The second kappa shape index (κ2) is 5.17. The number of hydrogen-bond donors (Lipinski definition) is 1. The average Bonchev–Trinajstić information content (AvgIpc) is 2.80. The Morgan fingerprint density at radius 3 is 2.75 bits per heavy atom. The fraction of sp³-hybridized carbons (Fsp3) is 0.0714. The van der Waals surface area contributed by atoms with Crippen LogP contribution in [-0.2, 0) is 0 Å². The van der Waals surface area contributed by atoms with Crippen molar-refractivity contribution in [2.75, 3.05) is 0 Å². The molecule has 0 radical (unpaired) electrons. The van der Waals surface area contributed by atoms with Crippen LogP contribution in [0, 0.1) is 0 Å². The summed E-state index contributed by atoms with van der Waals surface area (Å²) < 4.78 is 5.02. The zero-order chi connectivity index (χ0) is 14.3. The van der Waals surface area contributed by atoms with Gasteiger partial charge in [-0.25, -0.2) is 4.79 Å². The lowest BCUT2D eigenvalue weighted by Crippen LogP contribution is -1.94. The minimum atomic E-state index is -0.496. The van der Waals surface area contributed by atoms with Crippen LogP contribution in [0.15, 0.2) is 45.6 Å². The van der Waals surface area contributed by atoms with Gasteiger partial charge >= 0.3 is 5.76 Å². The molecule has 3 rings (SSSR count). The highest BCUT2D eigenvalue weighted by atomic mass is 35.5.